The highest BCUT2D eigenvalue weighted by Crippen LogP contribution is 2.23. The summed E-state index contributed by atoms with van der Waals surface area (Å²) >= 11 is 11.8. The molecule has 0 radical (unpaired) electrons. The maximum absolute atomic E-state index is 12.9. The first-order valence-electron chi connectivity index (χ1n) is 9.05. The minimum absolute atomic E-state index is 0.0551. The molecular formula is C21H22Cl2N2O3. The SMILES string of the molecule is CC(C)(Oc1ccc(Cl)cc1)C(=O)N1CCN(C(=O)c2ccc(Cl)cc2)CC1. The Bertz CT molecular complexity index is 843. The van der Waals surface area contributed by atoms with Crippen LogP contribution in [0.4, 0.5) is 0 Å². The number of benzene rings is 2. The predicted octanol–water partition coefficient (Wildman–Crippen LogP) is 4.14. The summed E-state index contributed by atoms with van der Waals surface area (Å²) in [6.45, 7) is 5.37. The number of halogens is 2. The molecule has 1 aliphatic heterocycles. The van der Waals surface area contributed by atoms with E-state index in [1.54, 1.807) is 72.2 Å². The van der Waals surface area contributed by atoms with E-state index in [1.165, 1.54) is 0 Å². The number of ether oxygens (including phenoxy) is 1. The van der Waals surface area contributed by atoms with Crippen molar-refractivity contribution in [2.24, 2.45) is 0 Å². The van der Waals surface area contributed by atoms with Crippen LogP contribution in [0.3, 0.4) is 0 Å². The van der Waals surface area contributed by atoms with E-state index in [2.05, 4.69) is 0 Å². The second-order valence-electron chi connectivity index (χ2n) is 7.16. The van der Waals surface area contributed by atoms with E-state index in [9.17, 15) is 9.59 Å². The van der Waals surface area contributed by atoms with Crippen molar-refractivity contribution in [1.29, 1.82) is 0 Å². The molecule has 0 atom stereocenters. The van der Waals surface area contributed by atoms with Crippen LogP contribution in [0, 0.1) is 0 Å². The van der Waals surface area contributed by atoms with E-state index in [0.717, 1.165) is 0 Å². The minimum atomic E-state index is -1.02. The van der Waals surface area contributed by atoms with E-state index in [4.69, 9.17) is 27.9 Å². The zero-order chi connectivity index (χ0) is 20.3. The Labute approximate surface area is 174 Å². The molecule has 0 N–H and O–H groups in total. The molecule has 1 aliphatic rings. The number of carbonyl (C=O) groups is 2. The Kier molecular flexibility index (Phi) is 6.16. The number of amides is 2. The fourth-order valence-electron chi connectivity index (χ4n) is 3.11. The Morgan fingerprint density at radius 1 is 0.821 bits per heavy atom. The van der Waals surface area contributed by atoms with Gasteiger partial charge < -0.3 is 14.5 Å². The van der Waals surface area contributed by atoms with Crippen LogP contribution in [0.15, 0.2) is 48.5 Å². The highest BCUT2D eigenvalue weighted by atomic mass is 35.5. The van der Waals surface area contributed by atoms with Gasteiger partial charge in [-0.1, -0.05) is 23.2 Å². The normalized spacial score (nSPS) is 14.7. The number of carbonyl (C=O) groups excluding carboxylic acids is 2. The van der Waals surface area contributed by atoms with Gasteiger partial charge in [0.1, 0.15) is 5.75 Å². The predicted molar refractivity (Wildman–Crippen MR) is 110 cm³/mol. The van der Waals surface area contributed by atoms with Crippen LogP contribution in [0.2, 0.25) is 10.0 Å². The highest BCUT2D eigenvalue weighted by Gasteiger charge is 2.36. The van der Waals surface area contributed by atoms with E-state index < -0.39 is 5.60 Å². The van der Waals surface area contributed by atoms with E-state index in [-0.39, 0.29) is 11.8 Å². The molecule has 2 aromatic carbocycles. The van der Waals surface area contributed by atoms with Crippen LogP contribution in [-0.2, 0) is 4.79 Å². The summed E-state index contributed by atoms with van der Waals surface area (Å²) in [7, 11) is 0. The average Bonchev–Trinajstić information content (AvgIpc) is 2.69. The molecule has 1 fully saturated rings. The standard InChI is InChI=1S/C21H22Cl2N2O3/c1-21(2,28-18-9-7-17(23)8-10-18)20(27)25-13-11-24(12-14-25)19(26)15-3-5-16(22)6-4-15/h3-10H,11-14H2,1-2H3. The summed E-state index contributed by atoms with van der Waals surface area (Å²) in [5, 5.41) is 1.20. The van der Waals surface area contributed by atoms with Crippen molar-refractivity contribution >= 4 is 35.0 Å². The Morgan fingerprint density at radius 3 is 1.82 bits per heavy atom. The number of piperazine rings is 1. The Hall–Kier alpha value is -2.24. The number of hydrogen-bond donors (Lipinski definition) is 0. The molecule has 28 heavy (non-hydrogen) atoms. The van der Waals surface area contributed by atoms with Gasteiger partial charge in [0.05, 0.1) is 0 Å². The Morgan fingerprint density at radius 2 is 1.29 bits per heavy atom. The lowest BCUT2D eigenvalue weighted by molar-refractivity contribution is -0.147. The molecule has 0 bridgehead atoms. The first-order chi connectivity index (χ1) is 13.3. The van der Waals surface area contributed by atoms with Crippen LogP contribution in [0.5, 0.6) is 5.75 Å². The molecule has 2 aromatic rings. The van der Waals surface area contributed by atoms with Crippen LogP contribution in [0.25, 0.3) is 0 Å². The van der Waals surface area contributed by atoms with Crippen molar-refractivity contribution in [3.8, 4) is 5.75 Å². The monoisotopic (exact) mass is 420 g/mol. The van der Waals surface area contributed by atoms with Crippen LogP contribution >= 0.6 is 23.2 Å². The smallest absolute Gasteiger partial charge is 0.266 e. The first-order valence-corrected chi connectivity index (χ1v) is 9.81. The minimum Gasteiger partial charge on any atom is -0.478 e. The molecule has 0 spiro atoms. The molecule has 1 saturated heterocycles. The molecular weight excluding hydrogens is 399 g/mol. The second kappa shape index (κ2) is 8.41. The zero-order valence-corrected chi connectivity index (χ0v) is 17.3. The molecule has 5 nitrogen and oxygen atoms in total. The lowest BCUT2D eigenvalue weighted by Crippen LogP contribution is -2.56. The average molecular weight is 421 g/mol. The van der Waals surface area contributed by atoms with Gasteiger partial charge in [-0.2, -0.15) is 0 Å². The molecule has 0 aliphatic carbocycles. The van der Waals surface area contributed by atoms with Crippen LogP contribution in [0.1, 0.15) is 24.2 Å². The summed E-state index contributed by atoms with van der Waals surface area (Å²) in [6, 6.07) is 13.7. The third kappa shape index (κ3) is 4.78. The molecule has 1 heterocycles. The van der Waals surface area contributed by atoms with E-state index in [0.29, 0.717) is 47.5 Å². The van der Waals surface area contributed by atoms with Crippen molar-refractivity contribution in [3.63, 3.8) is 0 Å². The van der Waals surface area contributed by atoms with Gasteiger partial charge in [0.25, 0.3) is 11.8 Å². The fraction of sp³-hybridized carbons (Fsp3) is 0.333. The van der Waals surface area contributed by atoms with Crippen LogP contribution < -0.4 is 4.74 Å². The summed E-state index contributed by atoms with van der Waals surface area (Å²) in [5.41, 5.74) is -0.425. The summed E-state index contributed by atoms with van der Waals surface area (Å²) in [5.74, 6) is 0.417. The summed E-state index contributed by atoms with van der Waals surface area (Å²) in [6.07, 6.45) is 0. The molecule has 7 heteroatoms. The second-order valence-corrected chi connectivity index (χ2v) is 8.03. The van der Waals surface area contributed by atoms with Gasteiger partial charge in [0.15, 0.2) is 5.60 Å². The molecule has 148 valence electrons. The third-order valence-corrected chi connectivity index (χ3v) is 5.15. The maximum Gasteiger partial charge on any atom is 0.266 e. The van der Waals surface area contributed by atoms with E-state index in [1.807, 2.05) is 0 Å². The lowest BCUT2D eigenvalue weighted by Gasteiger charge is -2.38. The first kappa shape index (κ1) is 20.5. The van der Waals surface area contributed by atoms with Gasteiger partial charge >= 0.3 is 0 Å². The third-order valence-electron chi connectivity index (χ3n) is 4.65. The maximum atomic E-state index is 12.9. The number of rotatable bonds is 4. The molecule has 2 amide bonds. The quantitative estimate of drug-likeness (QED) is 0.746. The largest absolute Gasteiger partial charge is 0.478 e. The Balaban J connectivity index is 1.58. The lowest BCUT2D eigenvalue weighted by atomic mass is 10.1. The highest BCUT2D eigenvalue weighted by molar-refractivity contribution is 6.30. The van der Waals surface area contributed by atoms with Crippen molar-refractivity contribution in [2.75, 3.05) is 26.2 Å². The van der Waals surface area contributed by atoms with Crippen LogP contribution in [-0.4, -0.2) is 53.4 Å². The number of hydrogen-bond acceptors (Lipinski definition) is 3. The van der Waals surface area contributed by atoms with Gasteiger partial charge in [-0.05, 0) is 62.4 Å². The summed E-state index contributed by atoms with van der Waals surface area (Å²) in [4.78, 5) is 29.0. The van der Waals surface area contributed by atoms with Crippen molar-refractivity contribution in [1.82, 2.24) is 9.80 Å². The van der Waals surface area contributed by atoms with Gasteiger partial charge in [0, 0.05) is 41.8 Å². The van der Waals surface area contributed by atoms with Gasteiger partial charge in [-0.25, -0.2) is 0 Å². The van der Waals surface area contributed by atoms with Gasteiger partial charge in [0.2, 0.25) is 0 Å². The molecule has 0 saturated carbocycles. The van der Waals surface area contributed by atoms with Crippen molar-refractivity contribution in [3.05, 3.63) is 64.1 Å². The molecule has 0 unspecified atom stereocenters. The van der Waals surface area contributed by atoms with Crippen molar-refractivity contribution < 1.29 is 14.3 Å². The topological polar surface area (TPSA) is 49.9 Å². The van der Waals surface area contributed by atoms with Crippen molar-refractivity contribution in [2.45, 2.75) is 19.4 Å². The van der Waals surface area contributed by atoms with Gasteiger partial charge in [-0.15, -0.1) is 0 Å². The number of nitrogens with zero attached hydrogens (tertiary/aromatic N) is 2. The van der Waals surface area contributed by atoms with Gasteiger partial charge in [-0.3, -0.25) is 9.59 Å². The zero-order valence-electron chi connectivity index (χ0n) is 15.8. The molecule has 0 aromatic heterocycles. The fourth-order valence-corrected chi connectivity index (χ4v) is 3.36. The molecule has 3 rings (SSSR count). The summed E-state index contributed by atoms with van der Waals surface area (Å²) < 4.78 is 5.88. The van der Waals surface area contributed by atoms with E-state index >= 15 is 0 Å².